The van der Waals surface area contributed by atoms with Gasteiger partial charge in [-0.2, -0.15) is 0 Å². The number of rotatable bonds is 4. The lowest BCUT2D eigenvalue weighted by Crippen LogP contribution is -2.35. The largest absolute Gasteiger partial charge is 0.393 e. The molecule has 28 heavy (non-hydrogen) atoms. The number of hydrogen-bond donors (Lipinski definition) is 1. The first kappa shape index (κ1) is 20.2. The number of fused-ring (bicyclic) bond motifs is 5. The second-order valence-corrected chi connectivity index (χ2v) is 10.8. The Hall–Kier alpha value is -1.08. The third-order valence-electron chi connectivity index (χ3n) is 8.85. The summed E-state index contributed by atoms with van der Waals surface area (Å²) in [6, 6.07) is 4.79. The van der Waals surface area contributed by atoms with Crippen LogP contribution in [0.5, 0.6) is 0 Å². The molecule has 3 aliphatic rings. The fraction of sp³-hybridized carbons (Fsp3) is 0.704. The van der Waals surface area contributed by atoms with Crippen molar-refractivity contribution in [2.45, 2.75) is 91.6 Å². The smallest absolute Gasteiger partial charge is 0.0583 e. The molecule has 1 aromatic carbocycles. The Labute approximate surface area is 172 Å². The first-order valence-corrected chi connectivity index (χ1v) is 11.8. The molecular formula is C27H40O. The van der Waals surface area contributed by atoms with E-state index in [0.717, 1.165) is 37.0 Å². The van der Waals surface area contributed by atoms with E-state index in [1.165, 1.54) is 31.2 Å². The van der Waals surface area contributed by atoms with Gasteiger partial charge >= 0.3 is 0 Å². The Morgan fingerprint density at radius 3 is 2.54 bits per heavy atom. The molecule has 4 rings (SSSR count). The SMILES string of the molecule is CC(C)[C@@H](C)/C=C/[C@H](C)[C@H]1CC[C@H]2c3ccc4c(c3CC[C@]12C)CC[C@H](O)C4. The van der Waals surface area contributed by atoms with Crippen LogP contribution in [0.2, 0.25) is 0 Å². The molecule has 0 aliphatic heterocycles. The van der Waals surface area contributed by atoms with Crippen LogP contribution in [0.15, 0.2) is 24.3 Å². The molecule has 0 radical (unpaired) electrons. The minimum Gasteiger partial charge on any atom is -0.393 e. The lowest BCUT2D eigenvalue weighted by atomic mass is 9.60. The van der Waals surface area contributed by atoms with Crippen LogP contribution in [0.4, 0.5) is 0 Å². The van der Waals surface area contributed by atoms with Crippen molar-refractivity contribution in [1.29, 1.82) is 0 Å². The maximum absolute atomic E-state index is 10.1. The number of benzene rings is 1. The summed E-state index contributed by atoms with van der Waals surface area (Å²) >= 11 is 0. The van der Waals surface area contributed by atoms with Crippen LogP contribution in [-0.4, -0.2) is 11.2 Å². The Bertz CT molecular complexity index is 745. The van der Waals surface area contributed by atoms with Crippen LogP contribution in [0.1, 0.15) is 88.5 Å². The van der Waals surface area contributed by atoms with Gasteiger partial charge in [-0.05, 0) is 102 Å². The van der Waals surface area contributed by atoms with Gasteiger partial charge in [-0.3, -0.25) is 0 Å². The Kier molecular flexibility index (Phi) is 5.51. The van der Waals surface area contributed by atoms with E-state index in [4.69, 9.17) is 0 Å². The Morgan fingerprint density at radius 2 is 1.79 bits per heavy atom. The van der Waals surface area contributed by atoms with E-state index in [1.54, 1.807) is 16.7 Å². The molecular weight excluding hydrogens is 340 g/mol. The van der Waals surface area contributed by atoms with E-state index in [-0.39, 0.29) is 6.10 Å². The summed E-state index contributed by atoms with van der Waals surface area (Å²) in [6.45, 7) is 12.1. The van der Waals surface area contributed by atoms with Gasteiger partial charge in [-0.1, -0.05) is 58.9 Å². The van der Waals surface area contributed by atoms with Crippen molar-refractivity contribution in [2.75, 3.05) is 0 Å². The van der Waals surface area contributed by atoms with Crippen LogP contribution < -0.4 is 0 Å². The highest BCUT2D eigenvalue weighted by molar-refractivity contribution is 5.47. The molecule has 1 N–H and O–H groups in total. The first-order chi connectivity index (χ1) is 13.3. The van der Waals surface area contributed by atoms with Crippen LogP contribution in [-0.2, 0) is 19.3 Å². The second-order valence-electron chi connectivity index (χ2n) is 10.8. The predicted octanol–water partition coefficient (Wildman–Crippen LogP) is 6.47. The Balaban J connectivity index is 1.58. The number of allylic oxidation sites excluding steroid dienone is 2. The van der Waals surface area contributed by atoms with Crippen molar-refractivity contribution in [2.24, 2.45) is 29.1 Å². The van der Waals surface area contributed by atoms with Gasteiger partial charge in [-0.15, -0.1) is 0 Å². The summed E-state index contributed by atoms with van der Waals surface area (Å²) in [6.07, 6.45) is 13.1. The van der Waals surface area contributed by atoms with Gasteiger partial charge in [0.05, 0.1) is 6.10 Å². The molecule has 1 fully saturated rings. The average molecular weight is 381 g/mol. The number of aliphatic hydroxyl groups is 1. The van der Waals surface area contributed by atoms with Crippen LogP contribution in [0.25, 0.3) is 0 Å². The molecule has 1 nitrogen and oxygen atoms in total. The van der Waals surface area contributed by atoms with Gasteiger partial charge in [0.1, 0.15) is 0 Å². The first-order valence-electron chi connectivity index (χ1n) is 11.8. The highest BCUT2D eigenvalue weighted by Gasteiger charge is 2.50. The fourth-order valence-corrected chi connectivity index (χ4v) is 6.65. The third-order valence-corrected chi connectivity index (χ3v) is 8.85. The summed E-state index contributed by atoms with van der Waals surface area (Å²) in [7, 11) is 0. The average Bonchev–Trinajstić information content (AvgIpc) is 3.02. The molecule has 0 saturated heterocycles. The normalized spacial score (nSPS) is 34.2. The van der Waals surface area contributed by atoms with Gasteiger partial charge in [0.25, 0.3) is 0 Å². The van der Waals surface area contributed by atoms with Crippen LogP contribution in [0, 0.1) is 29.1 Å². The molecule has 1 aromatic rings. The van der Waals surface area contributed by atoms with Gasteiger partial charge in [-0.25, -0.2) is 0 Å². The molecule has 154 valence electrons. The number of aliphatic hydroxyl groups excluding tert-OH is 1. The molecule has 1 heteroatoms. The lowest BCUT2D eigenvalue weighted by Gasteiger charge is -2.44. The molecule has 0 aromatic heterocycles. The minimum atomic E-state index is -0.129. The highest BCUT2D eigenvalue weighted by Crippen LogP contribution is 2.61. The van der Waals surface area contributed by atoms with Gasteiger partial charge < -0.3 is 5.11 Å². The molecule has 0 heterocycles. The van der Waals surface area contributed by atoms with Crippen LogP contribution >= 0.6 is 0 Å². The lowest BCUT2D eigenvalue weighted by molar-refractivity contribution is 0.140. The van der Waals surface area contributed by atoms with E-state index in [9.17, 15) is 5.11 Å². The second kappa shape index (κ2) is 7.63. The third kappa shape index (κ3) is 3.38. The number of hydrogen-bond acceptors (Lipinski definition) is 1. The predicted molar refractivity (Wildman–Crippen MR) is 119 cm³/mol. The van der Waals surface area contributed by atoms with E-state index in [0.29, 0.717) is 17.3 Å². The summed E-state index contributed by atoms with van der Waals surface area (Å²) in [4.78, 5) is 0. The van der Waals surface area contributed by atoms with Crippen molar-refractivity contribution in [3.05, 3.63) is 46.5 Å². The molecule has 0 amide bonds. The van der Waals surface area contributed by atoms with Crippen LogP contribution in [0.3, 0.4) is 0 Å². The van der Waals surface area contributed by atoms with E-state index < -0.39 is 0 Å². The summed E-state index contributed by atoms with van der Waals surface area (Å²) in [5.74, 6) is 3.60. The molecule has 0 unspecified atom stereocenters. The van der Waals surface area contributed by atoms with Gasteiger partial charge in [0.2, 0.25) is 0 Å². The summed E-state index contributed by atoms with van der Waals surface area (Å²) in [5.41, 5.74) is 6.81. The molecule has 6 atom stereocenters. The molecule has 0 spiro atoms. The van der Waals surface area contributed by atoms with E-state index in [2.05, 4.69) is 58.9 Å². The topological polar surface area (TPSA) is 20.2 Å². The van der Waals surface area contributed by atoms with Gasteiger partial charge in [0.15, 0.2) is 0 Å². The van der Waals surface area contributed by atoms with Crippen molar-refractivity contribution in [3.8, 4) is 0 Å². The highest BCUT2D eigenvalue weighted by atomic mass is 16.3. The van der Waals surface area contributed by atoms with Gasteiger partial charge in [0, 0.05) is 0 Å². The van der Waals surface area contributed by atoms with Crippen molar-refractivity contribution in [3.63, 3.8) is 0 Å². The summed E-state index contributed by atoms with van der Waals surface area (Å²) in [5, 5.41) is 10.1. The molecule has 0 bridgehead atoms. The maximum atomic E-state index is 10.1. The molecule has 1 saturated carbocycles. The van der Waals surface area contributed by atoms with Crippen molar-refractivity contribution in [1.82, 2.24) is 0 Å². The van der Waals surface area contributed by atoms with Crippen molar-refractivity contribution >= 4 is 0 Å². The van der Waals surface area contributed by atoms with E-state index >= 15 is 0 Å². The zero-order chi connectivity index (χ0) is 20.1. The van der Waals surface area contributed by atoms with E-state index in [1.807, 2.05) is 0 Å². The molecule has 3 aliphatic carbocycles. The van der Waals surface area contributed by atoms with Crippen molar-refractivity contribution < 1.29 is 5.11 Å². The zero-order valence-electron chi connectivity index (χ0n) is 18.7. The zero-order valence-corrected chi connectivity index (χ0v) is 18.7. The Morgan fingerprint density at radius 1 is 1.00 bits per heavy atom. The maximum Gasteiger partial charge on any atom is 0.0583 e. The monoisotopic (exact) mass is 380 g/mol. The standard InChI is InChI=1S/C27H40O/c1-17(2)18(3)6-7-19(4)25-12-13-26-24-10-8-20-16-21(28)9-11-22(20)23(24)14-15-27(25,26)5/h6-8,10,17-19,21,25-26,28H,9,11-16H2,1-5H3/b7-6+/t18-,19-,21-,25+,26-,27+/m0/s1. The fourth-order valence-electron chi connectivity index (χ4n) is 6.65. The summed E-state index contributed by atoms with van der Waals surface area (Å²) < 4.78 is 0. The minimum absolute atomic E-state index is 0.129. The quantitative estimate of drug-likeness (QED) is 0.594.